The van der Waals surface area contributed by atoms with Crippen LogP contribution in [0.2, 0.25) is 5.02 Å². The van der Waals surface area contributed by atoms with E-state index < -0.39 is 0 Å². The highest BCUT2D eigenvalue weighted by atomic mass is 35.5. The number of aryl methyl sites for hydroxylation is 2. The van der Waals surface area contributed by atoms with Gasteiger partial charge in [-0.15, -0.1) is 11.3 Å². The lowest BCUT2D eigenvalue weighted by molar-refractivity contribution is 1.35. The second-order valence-corrected chi connectivity index (χ2v) is 5.79. The molecule has 0 fully saturated rings. The van der Waals surface area contributed by atoms with E-state index >= 15 is 0 Å². The summed E-state index contributed by atoms with van der Waals surface area (Å²) < 4.78 is 0. The van der Waals surface area contributed by atoms with Crippen LogP contribution in [0.1, 0.15) is 10.4 Å². The van der Waals surface area contributed by atoms with E-state index in [1.807, 2.05) is 18.2 Å². The standard InChI is InChI=1S/C13H11ClN2S/c1-7-5-12(17-8(7)2)13-15-10-4-3-9(14)6-11(10)16-13/h3-6H,1-2H3,(H,15,16). The van der Waals surface area contributed by atoms with Crippen LogP contribution in [0, 0.1) is 13.8 Å². The number of aromatic nitrogens is 2. The van der Waals surface area contributed by atoms with Gasteiger partial charge in [-0.3, -0.25) is 0 Å². The summed E-state index contributed by atoms with van der Waals surface area (Å²) in [7, 11) is 0. The van der Waals surface area contributed by atoms with Crippen molar-refractivity contribution in [1.29, 1.82) is 0 Å². The third kappa shape index (κ3) is 1.85. The largest absolute Gasteiger partial charge is 0.337 e. The zero-order chi connectivity index (χ0) is 12.0. The number of hydrogen-bond donors (Lipinski definition) is 1. The summed E-state index contributed by atoms with van der Waals surface area (Å²) >= 11 is 7.72. The van der Waals surface area contributed by atoms with Crippen molar-refractivity contribution in [3.63, 3.8) is 0 Å². The number of fused-ring (bicyclic) bond motifs is 1. The maximum atomic E-state index is 5.96. The number of benzene rings is 1. The Kier molecular flexibility index (Phi) is 2.45. The molecule has 86 valence electrons. The highest BCUT2D eigenvalue weighted by molar-refractivity contribution is 7.15. The average molecular weight is 263 g/mol. The smallest absolute Gasteiger partial charge is 0.148 e. The van der Waals surface area contributed by atoms with E-state index in [1.54, 1.807) is 11.3 Å². The van der Waals surface area contributed by atoms with E-state index in [9.17, 15) is 0 Å². The van der Waals surface area contributed by atoms with Crippen LogP contribution in [0.3, 0.4) is 0 Å². The second kappa shape index (κ2) is 3.86. The molecule has 0 saturated heterocycles. The molecule has 2 nitrogen and oxygen atoms in total. The summed E-state index contributed by atoms with van der Waals surface area (Å²) in [6.45, 7) is 4.25. The molecule has 0 spiro atoms. The van der Waals surface area contributed by atoms with Crippen LogP contribution < -0.4 is 0 Å². The Morgan fingerprint density at radius 3 is 2.76 bits per heavy atom. The first-order valence-electron chi connectivity index (χ1n) is 5.36. The molecule has 0 saturated carbocycles. The summed E-state index contributed by atoms with van der Waals surface area (Å²) in [5.74, 6) is 0.920. The Balaban J connectivity index is 2.17. The zero-order valence-corrected chi connectivity index (χ0v) is 11.1. The van der Waals surface area contributed by atoms with Gasteiger partial charge in [0.15, 0.2) is 0 Å². The predicted octanol–water partition coefficient (Wildman–Crippen LogP) is 4.56. The summed E-state index contributed by atoms with van der Waals surface area (Å²) in [5.41, 5.74) is 3.24. The van der Waals surface area contributed by atoms with Gasteiger partial charge in [-0.1, -0.05) is 11.6 Å². The molecular weight excluding hydrogens is 252 g/mol. The van der Waals surface area contributed by atoms with Crippen LogP contribution in [-0.4, -0.2) is 9.97 Å². The van der Waals surface area contributed by atoms with Gasteiger partial charge in [-0.05, 0) is 43.7 Å². The molecular formula is C13H11ClN2S. The zero-order valence-electron chi connectivity index (χ0n) is 9.54. The van der Waals surface area contributed by atoms with Crippen LogP contribution in [0.15, 0.2) is 24.3 Å². The molecule has 2 aromatic heterocycles. The Morgan fingerprint density at radius 2 is 2.06 bits per heavy atom. The Morgan fingerprint density at radius 1 is 1.24 bits per heavy atom. The van der Waals surface area contributed by atoms with Crippen molar-refractivity contribution in [1.82, 2.24) is 9.97 Å². The number of thiophene rings is 1. The number of rotatable bonds is 1. The van der Waals surface area contributed by atoms with Crippen molar-refractivity contribution in [2.24, 2.45) is 0 Å². The van der Waals surface area contributed by atoms with Crippen LogP contribution in [-0.2, 0) is 0 Å². The van der Waals surface area contributed by atoms with Gasteiger partial charge in [0, 0.05) is 9.90 Å². The van der Waals surface area contributed by atoms with Gasteiger partial charge in [-0.2, -0.15) is 0 Å². The third-order valence-electron chi connectivity index (χ3n) is 2.84. The minimum absolute atomic E-state index is 0.728. The summed E-state index contributed by atoms with van der Waals surface area (Å²) in [6.07, 6.45) is 0. The van der Waals surface area contributed by atoms with Gasteiger partial charge in [0.1, 0.15) is 5.82 Å². The van der Waals surface area contributed by atoms with E-state index in [2.05, 4.69) is 29.9 Å². The summed E-state index contributed by atoms with van der Waals surface area (Å²) in [5, 5.41) is 0.728. The Labute approximate surface area is 108 Å². The van der Waals surface area contributed by atoms with Crippen LogP contribution in [0.4, 0.5) is 0 Å². The molecule has 0 aliphatic rings. The van der Waals surface area contributed by atoms with Crippen molar-refractivity contribution in [3.8, 4) is 10.7 Å². The Bertz CT molecular complexity index is 677. The molecule has 4 heteroatoms. The number of aromatic amines is 1. The van der Waals surface area contributed by atoms with Crippen molar-refractivity contribution in [3.05, 3.63) is 39.7 Å². The number of nitrogens with one attached hydrogen (secondary N) is 1. The van der Waals surface area contributed by atoms with E-state index in [0.717, 1.165) is 21.9 Å². The molecule has 0 amide bonds. The van der Waals surface area contributed by atoms with Gasteiger partial charge in [0.2, 0.25) is 0 Å². The number of nitrogens with zero attached hydrogens (tertiary/aromatic N) is 1. The van der Waals surface area contributed by atoms with E-state index in [0.29, 0.717) is 0 Å². The molecule has 0 atom stereocenters. The average Bonchev–Trinajstić information content (AvgIpc) is 2.83. The van der Waals surface area contributed by atoms with Crippen molar-refractivity contribution in [2.45, 2.75) is 13.8 Å². The second-order valence-electron chi connectivity index (χ2n) is 4.10. The monoisotopic (exact) mass is 262 g/mol. The molecule has 0 aliphatic carbocycles. The normalized spacial score (nSPS) is 11.2. The lowest BCUT2D eigenvalue weighted by atomic mass is 10.3. The first-order valence-corrected chi connectivity index (χ1v) is 6.55. The summed E-state index contributed by atoms with van der Waals surface area (Å²) in [6, 6.07) is 7.87. The molecule has 1 aromatic carbocycles. The van der Waals surface area contributed by atoms with Gasteiger partial charge in [-0.25, -0.2) is 4.98 Å². The molecule has 17 heavy (non-hydrogen) atoms. The van der Waals surface area contributed by atoms with Crippen molar-refractivity contribution < 1.29 is 0 Å². The number of hydrogen-bond acceptors (Lipinski definition) is 2. The maximum Gasteiger partial charge on any atom is 0.148 e. The van der Waals surface area contributed by atoms with Crippen LogP contribution >= 0.6 is 22.9 Å². The lowest BCUT2D eigenvalue weighted by Gasteiger charge is -1.88. The molecule has 0 unspecified atom stereocenters. The molecule has 0 bridgehead atoms. The SMILES string of the molecule is Cc1cc(-c2nc3ccc(Cl)cc3[nH]2)sc1C. The summed E-state index contributed by atoms with van der Waals surface area (Å²) in [4.78, 5) is 10.4. The van der Waals surface area contributed by atoms with E-state index in [1.165, 1.54) is 15.3 Å². The fourth-order valence-corrected chi connectivity index (χ4v) is 2.94. The molecule has 1 N–H and O–H groups in total. The third-order valence-corrected chi connectivity index (χ3v) is 4.24. The first-order chi connectivity index (χ1) is 8.13. The van der Waals surface area contributed by atoms with Gasteiger partial charge >= 0.3 is 0 Å². The maximum absolute atomic E-state index is 5.96. The topological polar surface area (TPSA) is 28.7 Å². The molecule has 0 radical (unpaired) electrons. The van der Waals surface area contributed by atoms with Crippen LogP contribution in [0.5, 0.6) is 0 Å². The fraction of sp³-hybridized carbons (Fsp3) is 0.154. The molecule has 2 heterocycles. The van der Waals surface area contributed by atoms with Crippen molar-refractivity contribution >= 4 is 34.0 Å². The van der Waals surface area contributed by atoms with Gasteiger partial charge < -0.3 is 4.98 Å². The molecule has 3 rings (SSSR count). The fourth-order valence-electron chi connectivity index (χ4n) is 1.79. The number of halogens is 1. The van der Waals surface area contributed by atoms with Gasteiger partial charge in [0.25, 0.3) is 0 Å². The number of H-pyrrole nitrogens is 1. The molecule has 0 aliphatic heterocycles. The van der Waals surface area contributed by atoms with E-state index in [-0.39, 0.29) is 0 Å². The first kappa shape index (κ1) is 10.8. The minimum Gasteiger partial charge on any atom is -0.337 e. The highest BCUT2D eigenvalue weighted by Crippen LogP contribution is 2.30. The lowest BCUT2D eigenvalue weighted by Crippen LogP contribution is -1.72. The van der Waals surface area contributed by atoms with E-state index in [4.69, 9.17) is 11.6 Å². The van der Waals surface area contributed by atoms with Gasteiger partial charge in [0.05, 0.1) is 15.9 Å². The number of imidazole rings is 1. The molecule has 3 aromatic rings. The highest BCUT2D eigenvalue weighted by Gasteiger charge is 2.09. The Hall–Kier alpha value is -1.32. The minimum atomic E-state index is 0.728. The predicted molar refractivity (Wildman–Crippen MR) is 73.9 cm³/mol. The van der Waals surface area contributed by atoms with Crippen LogP contribution in [0.25, 0.3) is 21.7 Å². The van der Waals surface area contributed by atoms with Crippen molar-refractivity contribution in [2.75, 3.05) is 0 Å². The quantitative estimate of drug-likeness (QED) is 0.684.